The standard InChI is InChI=1S/C11H13N3S/c1-7-10(8-2-4-12-6-8)14-9-3-5-15-11(9)13-7/h3,5,8,12H,2,4,6H2,1H3. The molecule has 15 heavy (non-hydrogen) atoms. The third-order valence-electron chi connectivity index (χ3n) is 2.95. The SMILES string of the molecule is Cc1nc2sccc2nc1C1CCNC1. The van der Waals surface area contributed by atoms with Gasteiger partial charge in [0, 0.05) is 12.5 Å². The second-order valence-electron chi connectivity index (χ2n) is 3.99. The van der Waals surface area contributed by atoms with Crippen LogP contribution in [0.15, 0.2) is 11.4 Å². The van der Waals surface area contributed by atoms with Crippen LogP contribution in [0.5, 0.6) is 0 Å². The zero-order valence-corrected chi connectivity index (χ0v) is 9.47. The zero-order chi connectivity index (χ0) is 10.3. The molecule has 2 aromatic heterocycles. The number of hydrogen-bond acceptors (Lipinski definition) is 4. The second kappa shape index (κ2) is 3.54. The fourth-order valence-corrected chi connectivity index (χ4v) is 2.91. The Kier molecular flexibility index (Phi) is 2.18. The molecule has 78 valence electrons. The van der Waals surface area contributed by atoms with Gasteiger partial charge in [-0.05, 0) is 31.3 Å². The van der Waals surface area contributed by atoms with Crippen LogP contribution < -0.4 is 5.32 Å². The maximum atomic E-state index is 4.72. The predicted molar refractivity (Wildman–Crippen MR) is 62.4 cm³/mol. The minimum Gasteiger partial charge on any atom is -0.316 e. The molecule has 1 fully saturated rings. The van der Waals surface area contributed by atoms with Gasteiger partial charge in [-0.2, -0.15) is 0 Å². The van der Waals surface area contributed by atoms with Crippen LogP contribution in [-0.2, 0) is 0 Å². The number of aromatic nitrogens is 2. The molecule has 0 radical (unpaired) electrons. The highest BCUT2D eigenvalue weighted by molar-refractivity contribution is 7.16. The molecule has 1 unspecified atom stereocenters. The first-order valence-electron chi connectivity index (χ1n) is 5.27. The summed E-state index contributed by atoms with van der Waals surface area (Å²) in [6.07, 6.45) is 1.19. The molecule has 1 aliphatic heterocycles. The fraction of sp³-hybridized carbons (Fsp3) is 0.455. The maximum absolute atomic E-state index is 4.72. The maximum Gasteiger partial charge on any atom is 0.142 e. The van der Waals surface area contributed by atoms with Gasteiger partial charge in [0.1, 0.15) is 10.3 Å². The minimum atomic E-state index is 0.557. The number of hydrogen-bond donors (Lipinski definition) is 1. The van der Waals surface area contributed by atoms with Gasteiger partial charge in [0.05, 0.1) is 11.4 Å². The van der Waals surface area contributed by atoms with Crippen molar-refractivity contribution in [3.63, 3.8) is 0 Å². The molecule has 0 saturated carbocycles. The van der Waals surface area contributed by atoms with Gasteiger partial charge >= 0.3 is 0 Å². The van der Waals surface area contributed by atoms with Crippen molar-refractivity contribution in [1.29, 1.82) is 0 Å². The highest BCUT2D eigenvalue weighted by atomic mass is 32.1. The van der Waals surface area contributed by atoms with Gasteiger partial charge in [0.25, 0.3) is 0 Å². The van der Waals surface area contributed by atoms with E-state index in [0.717, 1.165) is 29.1 Å². The Morgan fingerprint density at radius 1 is 1.47 bits per heavy atom. The number of rotatable bonds is 1. The molecular formula is C11H13N3S. The summed E-state index contributed by atoms with van der Waals surface area (Å²) in [5.74, 6) is 0.557. The van der Waals surface area contributed by atoms with Gasteiger partial charge < -0.3 is 5.32 Å². The largest absolute Gasteiger partial charge is 0.316 e. The predicted octanol–water partition coefficient (Wildman–Crippen LogP) is 2.08. The van der Waals surface area contributed by atoms with Crippen LogP contribution in [0.25, 0.3) is 10.3 Å². The van der Waals surface area contributed by atoms with E-state index in [2.05, 4.69) is 28.7 Å². The Bertz CT molecular complexity index is 486. The normalized spacial score (nSPS) is 21.3. The van der Waals surface area contributed by atoms with E-state index >= 15 is 0 Å². The van der Waals surface area contributed by atoms with Gasteiger partial charge in [0.2, 0.25) is 0 Å². The molecule has 0 amide bonds. The highest BCUT2D eigenvalue weighted by Crippen LogP contribution is 2.26. The average molecular weight is 219 g/mol. The van der Waals surface area contributed by atoms with Crippen molar-refractivity contribution in [3.05, 3.63) is 22.8 Å². The van der Waals surface area contributed by atoms with Crippen LogP contribution in [0.3, 0.4) is 0 Å². The first-order chi connectivity index (χ1) is 7.34. The summed E-state index contributed by atoms with van der Waals surface area (Å²) < 4.78 is 0. The van der Waals surface area contributed by atoms with E-state index < -0.39 is 0 Å². The lowest BCUT2D eigenvalue weighted by Gasteiger charge is -2.10. The van der Waals surface area contributed by atoms with Crippen LogP contribution in [-0.4, -0.2) is 23.1 Å². The summed E-state index contributed by atoms with van der Waals surface area (Å²) in [7, 11) is 0. The Labute approximate surface area is 92.6 Å². The lowest BCUT2D eigenvalue weighted by Crippen LogP contribution is -2.10. The molecule has 3 nitrogen and oxygen atoms in total. The van der Waals surface area contributed by atoms with Crippen LogP contribution >= 0.6 is 11.3 Å². The molecule has 4 heteroatoms. The Hall–Kier alpha value is -1.00. The van der Waals surface area contributed by atoms with Crippen LogP contribution in [0, 0.1) is 6.92 Å². The van der Waals surface area contributed by atoms with Crippen LogP contribution in [0.4, 0.5) is 0 Å². The van der Waals surface area contributed by atoms with E-state index in [1.165, 1.54) is 12.1 Å². The van der Waals surface area contributed by atoms with Crippen molar-refractivity contribution in [1.82, 2.24) is 15.3 Å². The zero-order valence-electron chi connectivity index (χ0n) is 8.66. The van der Waals surface area contributed by atoms with Crippen molar-refractivity contribution in [2.24, 2.45) is 0 Å². The summed E-state index contributed by atoms with van der Waals surface area (Å²) in [5, 5.41) is 5.43. The Morgan fingerprint density at radius 2 is 2.40 bits per heavy atom. The first kappa shape index (κ1) is 9.24. The number of nitrogens with one attached hydrogen (secondary N) is 1. The van der Waals surface area contributed by atoms with Crippen molar-refractivity contribution in [3.8, 4) is 0 Å². The molecule has 1 atom stereocenters. The fourth-order valence-electron chi connectivity index (χ4n) is 2.16. The topological polar surface area (TPSA) is 37.8 Å². The summed E-state index contributed by atoms with van der Waals surface area (Å²) in [6.45, 7) is 4.22. The van der Waals surface area contributed by atoms with E-state index in [1.807, 2.05) is 0 Å². The van der Waals surface area contributed by atoms with E-state index in [0.29, 0.717) is 5.92 Å². The lowest BCUT2D eigenvalue weighted by molar-refractivity contribution is 0.726. The molecule has 2 aromatic rings. The second-order valence-corrected chi connectivity index (χ2v) is 4.89. The van der Waals surface area contributed by atoms with E-state index in [9.17, 15) is 0 Å². The molecule has 1 saturated heterocycles. The lowest BCUT2D eigenvalue weighted by atomic mass is 10.0. The van der Waals surface area contributed by atoms with Gasteiger partial charge in [-0.25, -0.2) is 9.97 Å². The minimum absolute atomic E-state index is 0.557. The first-order valence-corrected chi connectivity index (χ1v) is 6.15. The highest BCUT2D eigenvalue weighted by Gasteiger charge is 2.21. The number of fused-ring (bicyclic) bond motifs is 1. The number of aryl methyl sites for hydroxylation is 1. The molecule has 1 N–H and O–H groups in total. The summed E-state index contributed by atoms with van der Waals surface area (Å²) in [6, 6.07) is 2.05. The number of nitrogens with zero attached hydrogens (tertiary/aromatic N) is 2. The van der Waals surface area contributed by atoms with Crippen LogP contribution in [0.2, 0.25) is 0 Å². The van der Waals surface area contributed by atoms with Crippen molar-refractivity contribution < 1.29 is 0 Å². The average Bonchev–Trinajstić information content (AvgIpc) is 2.85. The van der Waals surface area contributed by atoms with Crippen molar-refractivity contribution in [2.75, 3.05) is 13.1 Å². The van der Waals surface area contributed by atoms with Gasteiger partial charge in [0.15, 0.2) is 0 Å². The van der Waals surface area contributed by atoms with Gasteiger partial charge in [-0.15, -0.1) is 11.3 Å². The smallest absolute Gasteiger partial charge is 0.142 e. The molecule has 3 rings (SSSR count). The third kappa shape index (κ3) is 1.54. The quantitative estimate of drug-likeness (QED) is 0.798. The van der Waals surface area contributed by atoms with Crippen molar-refractivity contribution in [2.45, 2.75) is 19.3 Å². The molecule has 0 spiro atoms. The molecular weight excluding hydrogens is 206 g/mol. The van der Waals surface area contributed by atoms with E-state index in [4.69, 9.17) is 4.98 Å². The number of thiophene rings is 1. The monoisotopic (exact) mass is 219 g/mol. The van der Waals surface area contributed by atoms with E-state index in [-0.39, 0.29) is 0 Å². The van der Waals surface area contributed by atoms with Crippen LogP contribution in [0.1, 0.15) is 23.7 Å². The Balaban J connectivity index is 2.11. The summed E-state index contributed by atoms with van der Waals surface area (Å²) in [5.41, 5.74) is 3.33. The Morgan fingerprint density at radius 3 is 3.20 bits per heavy atom. The van der Waals surface area contributed by atoms with Crippen molar-refractivity contribution >= 4 is 21.7 Å². The summed E-state index contributed by atoms with van der Waals surface area (Å²) >= 11 is 1.66. The molecule has 3 heterocycles. The van der Waals surface area contributed by atoms with Gasteiger partial charge in [-0.1, -0.05) is 0 Å². The molecule has 0 aliphatic carbocycles. The molecule has 0 bridgehead atoms. The van der Waals surface area contributed by atoms with Gasteiger partial charge in [-0.3, -0.25) is 0 Å². The summed E-state index contributed by atoms with van der Waals surface area (Å²) in [4.78, 5) is 10.4. The molecule has 1 aliphatic rings. The molecule has 0 aromatic carbocycles. The van der Waals surface area contributed by atoms with E-state index in [1.54, 1.807) is 11.3 Å². The third-order valence-corrected chi connectivity index (χ3v) is 3.75.